The zero-order chi connectivity index (χ0) is 17.9. The summed E-state index contributed by atoms with van der Waals surface area (Å²) in [6.45, 7) is 0. The molecule has 0 aromatic heterocycles. The van der Waals surface area contributed by atoms with E-state index < -0.39 is 38.9 Å². The molecule has 0 saturated carbocycles. The predicted octanol–water partition coefficient (Wildman–Crippen LogP) is 3.83. The molecular formula is C15H11Cl2F2NO3S. The van der Waals surface area contributed by atoms with Crippen LogP contribution in [-0.2, 0) is 20.4 Å². The summed E-state index contributed by atoms with van der Waals surface area (Å²) in [6.07, 6.45) is 0. The van der Waals surface area contributed by atoms with E-state index in [0.29, 0.717) is 11.6 Å². The first kappa shape index (κ1) is 18.6. The third-order valence-corrected chi connectivity index (χ3v) is 5.14. The molecule has 0 aliphatic carbocycles. The van der Waals surface area contributed by atoms with Crippen LogP contribution in [0.4, 0.5) is 14.5 Å². The fraction of sp³-hybridized carbons (Fsp3) is 0.133. The molecule has 2 aromatic rings. The van der Waals surface area contributed by atoms with Gasteiger partial charge in [0.05, 0.1) is 21.5 Å². The van der Waals surface area contributed by atoms with Gasteiger partial charge in [0.15, 0.2) is 9.84 Å². The van der Waals surface area contributed by atoms with Gasteiger partial charge in [0.25, 0.3) is 0 Å². The Morgan fingerprint density at radius 3 is 2.38 bits per heavy atom. The quantitative estimate of drug-likeness (QED) is 0.839. The van der Waals surface area contributed by atoms with Gasteiger partial charge in [0.1, 0.15) is 17.4 Å². The van der Waals surface area contributed by atoms with Gasteiger partial charge in [0, 0.05) is 6.07 Å². The van der Waals surface area contributed by atoms with Gasteiger partial charge in [-0.25, -0.2) is 17.2 Å². The van der Waals surface area contributed by atoms with Crippen LogP contribution in [0.1, 0.15) is 5.56 Å². The summed E-state index contributed by atoms with van der Waals surface area (Å²) in [5.74, 6) is -4.02. The highest BCUT2D eigenvalue weighted by Crippen LogP contribution is 2.23. The Bertz CT molecular complexity index is 888. The van der Waals surface area contributed by atoms with Crippen molar-refractivity contribution in [1.29, 1.82) is 0 Å². The minimum absolute atomic E-state index is 0.196. The van der Waals surface area contributed by atoms with E-state index in [-0.39, 0.29) is 15.7 Å². The number of benzene rings is 2. The monoisotopic (exact) mass is 393 g/mol. The van der Waals surface area contributed by atoms with Crippen LogP contribution in [-0.4, -0.2) is 20.1 Å². The highest BCUT2D eigenvalue weighted by atomic mass is 35.5. The molecule has 0 bridgehead atoms. The number of hydrogen-bond donors (Lipinski definition) is 1. The second-order valence-corrected chi connectivity index (χ2v) is 7.83. The predicted molar refractivity (Wildman–Crippen MR) is 88.9 cm³/mol. The number of nitrogens with one attached hydrogen (secondary N) is 1. The van der Waals surface area contributed by atoms with Crippen molar-refractivity contribution in [2.45, 2.75) is 5.75 Å². The summed E-state index contributed by atoms with van der Waals surface area (Å²) in [6, 6.07) is 6.85. The largest absolute Gasteiger partial charge is 0.323 e. The lowest BCUT2D eigenvalue weighted by Gasteiger charge is -2.08. The zero-order valence-corrected chi connectivity index (χ0v) is 14.4. The topological polar surface area (TPSA) is 63.2 Å². The lowest BCUT2D eigenvalue weighted by molar-refractivity contribution is -0.113. The molecule has 1 N–H and O–H groups in total. The van der Waals surface area contributed by atoms with Crippen molar-refractivity contribution >= 4 is 44.6 Å². The number of hydrogen-bond acceptors (Lipinski definition) is 3. The zero-order valence-electron chi connectivity index (χ0n) is 12.0. The third-order valence-electron chi connectivity index (χ3n) is 2.93. The summed E-state index contributed by atoms with van der Waals surface area (Å²) >= 11 is 11.6. The lowest BCUT2D eigenvalue weighted by atomic mass is 10.2. The van der Waals surface area contributed by atoms with Crippen LogP contribution in [0, 0.1) is 11.6 Å². The van der Waals surface area contributed by atoms with Gasteiger partial charge in [-0.15, -0.1) is 0 Å². The van der Waals surface area contributed by atoms with Gasteiger partial charge >= 0.3 is 0 Å². The molecule has 2 rings (SSSR count). The lowest BCUT2D eigenvalue weighted by Crippen LogP contribution is -2.24. The van der Waals surface area contributed by atoms with Crippen LogP contribution >= 0.6 is 23.2 Å². The van der Waals surface area contributed by atoms with Gasteiger partial charge < -0.3 is 5.32 Å². The van der Waals surface area contributed by atoms with E-state index in [2.05, 4.69) is 5.32 Å². The summed E-state index contributed by atoms with van der Waals surface area (Å²) in [5, 5.41) is 2.57. The van der Waals surface area contributed by atoms with Crippen LogP contribution in [0.2, 0.25) is 10.0 Å². The summed E-state index contributed by atoms with van der Waals surface area (Å²) in [4.78, 5) is 11.8. The van der Waals surface area contributed by atoms with E-state index in [1.807, 2.05) is 0 Å². The van der Waals surface area contributed by atoms with Crippen LogP contribution in [0.25, 0.3) is 0 Å². The first-order valence-corrected chi connectivity index (χ1v) is 9.13. The molecule has 0 saturated heterocycles. The van der Waals surface area contributed by atoms with Crippen molar-refractivity contribution in [1.82, 2.24) is 0 Å². The SMILES string of the molecule is O=C(CS(=O)(=O)Cc1ccc(Cl)c(Cl)c1)Nc1ccc(F)cc1F. The number of rotatable bonds is 5. The maximum absolute atomic E-state index is 13.4. The molecular weight excluding hydrogens is 383 g/mol. The second kappa shape index (κ2) is 7.46. The molecule has 0 aliphatic heterocycles. The van der Waals surface area contributed by atoms with Crippen molar-refractivity contribution in [3.8, 4) is 0 Å². The Balaban J connectivity index is 2.05. The fourth-order valence-electron chi connectivity index (χ4n) is 1.91. The van der Waals surface area contributed by atoms with E-state index in [0.717, 1.165) is 12.1 Å². The van der Waals surface area contributed by atoms with Crippen molar-refractivity contribution in [3.05, 3.63) is 63.6 Å². The third kappa shape index (κ3) is 5.15. The minimum Gasteiger partial charge on any atom is -0.323 e. The molecule has 24 heavy (non-hydrogen) atoms. The average Bonchev–Trinajstić information content (AvgIpc) is 2.45. The van der Waals surface area contributed by atoms with Gasteiger partial charge in [-0.3, -0.25) is 4.79 Å². The summed E-state index contributed by atoms with van der Waals surface area (Å²) in [5.41, 5.74) is 0.0660. The molecule has 0 fully saturated rings. The highest BCUT2D eigenvalue weighted by Gasteiger charge is 2.19. The first-order chi connectivity index (χ1) is 11.2. The van der Waals surface area contributed by atoms with Crippen molar-refractivity contribution in [2.75, 3.05) is 11.1 Å². The average molecular weight is 394 g/mol. The molecule has 0 aliphatic rings. The van der Waals surface area contributed by atoms with E-state index in [1.165, 1.54) is 18.2 Å². The number of sulfone groups is 1. The second-order valence-electron chi connectivity index (χ2n) is 4.95. The van der Waals surface area contributed by atoms with Crippen molar-refractivity contribution < 1.29 is 22.0 Å². The summed E-state index contributed by atoms with van der Waals surface area (Å²) < 4.78 is 50.3. The molecule has 0 atom stereocenters. The number of carbonyl (C=O) groups is 1. The number of amides is 1. The summed E-state index contributed by atoms with van der Waals surface area (Å²) in [7, 11) is -3.81. The van der Waals surface area contributed by atoms with E-state index >= 15 is 0 Å². The Kier molecular flexibility index (Phi) is 5.79. The maximum atomic E-state index is 13.4. The number of carbonyl (C=O) groups excluding carboxylic acids is 1. The standard InChI is InChI=1S/C15H11Cl2F2NO3S/c16-11-3-1-9(5-12(11)17)7-24(22,23)8-15(21)20-14-4-2-10(18)6-13(14)19/h1-6H,7-8H2,(H,20,21). The molecule has 0 unspecified atom stereocenters. The molecule has 4 nitrogen and oxygen atoms in total. The Labute approximate surface area is 147 Å². The van der Waals surface area contributed by atoms with Crippen molar-refractivity contribution in [3.63, 3.8) is 0 Å². The number of anilines is 1. The molecule has 0 heterocycles. The van der Waals surface area contributed by atoms with E-state index in [1.54, 1.807) is 0 Å². The van der Waals surface area contributed by atoms with Gasteiger partial charge in [-0.05, 0) is 29.8 Å². The smallest absolute Gasteiger partial charge is 0.239 e. The first-order valence-electron chi connectivity index (χ1n) is 6.55. The van der Waals surface area contributed by atoms with Crippen LogP contribution in [0.3, 0.4) is 0 Å². The van der Waals surface area contributed by atoms with Crippen LogP contribution in [0.5, 0.6) is 0 Å². The van der Waals surface area contributed by atoms with E-state index in [9.17, 15) is 22.0 Å². The van der Waals surface area contributed by atoms with Gasteiger partial charge in [0.2, 0.25) is 5.91 Å². The Hall–Kier alpha value is -1.70. The van der Waals surface area contributed by atoms with E-state index in [4.69, 9.17) is 23.2 Å². The molecule has 2 aromatic carbocycles. The van der Waals surface area contributed by atoms with Crippen LogP contribution in [0.15, 0.2) is 36.4 Å². The minimum atomic E-state index is -3.81. The molecule has 9 heteroatoms. The number of halogens is 4. The van der Waals surface area contributed by atoms with Gasteiger partial charge in [-0.1, -0.05) is 29.3 Å². The highest BCUT2D eigenvalue weighted by molar-refractivity contribution is 7.91. The molecule has 128 valence electrons. The van der Waals surface area contributed by atoms with Gasteiger partial charge in [-0.2, -0.15) is 0 Å². The molecule has 0 spiro atoms. The van der Waals surface area contributed by atoms with Crippen molar-refractivity contribution in [2.24, 2.45) is 0 Å². The molecule has 0 radical (unpaired) electrons. The Morgan fingerprint density at radius 2 is 1.75 bits per heavy atom. The molecule has 1 amide bonds. The van der Waals surface area contributed by atoms with Crippen LogP contribution < -0.4 is 5.32 Å². The Morgan fingerprint density at radius 1 is 1.04 bits per heavy atom. The maximum Gasteiger partial charge on any atom is 0.239 e. The fourth-order valence-corrected chi connectivity index (χ4v) is 3.49. The normalized spacial score (nSPS) is 11.3.